The first kappa shape index (κ1) is 24.1. The highest BCUT2D eigenvalue weighted by Crippen LogP contribution is 2.24. The molecule has 0 aromatic heterocycles. The van der Waals surface area contributed by atoms with E-state index in [9.17, 15) is 0 Å². The van der Waals surface area contributed by atoms with Gasteiger partial charge in [-0.2, -0.15) is 0 Å². The van der Waals surface area contributed by atoms with Gasteiger partial charge in [0.05, 0.1) is 0 Å². The van der Waals surface area contributed by atoms with Gasteiger partial charge in [-0.25, -0.2) is 0 Å². The molecule has 0 aromatic rings. The van der Waals surface area contributed by atoms with Gasteiger partial charge in [0.1, 0.15) is 0 Å². The maximum atomic E-state index is 6.61. The van der Waals surface area contributed by atoms with E-state index in [4.69, 9.17) is 8.85 Å². The molecule has 0 heterocycles. The molecule has 2 nitrogen and oxygen atoms in total. The third-order valence-corrected chi connectivity index (χ3v) is 8.69. The Morgan fingerprint density at radius 3 is 1.58 bits per heavy atom. The summed E-state index contributed by atoms with van der Waals surface area (Å²) in [6, 6.07) is 2.18. The summed E-state index contributed by atoms with van der Waals surface area (Å²) < 4.78 is 13.0. The lowest BCUT2D eigenvalue weighted by Gasteiger charge is -2.33. The third kappa shape index (κ3) is 11.6. The van der Waals surface area contributed by atoms with Gasteiger partial charge in [-0.3, -0.25) is 0 Å². The van der Waals surface area contributed by atoms with Gasteiger partial charge in [0.25, 0.3) is 0 Å². The highest BCUT2D eigenvalue weighted by molar-refractivity contribution is 6.67. The molecule has 0 aliphatic rings. The van der Waals surface area contributed by atoms with Crippen LogP contribution in [0.5, 0.6) is 0 Å². The molecular formula is C21H46O2Si. The van der Waals surface area contributed by atoms with Crippen LogP contribution in [0.1, 0.15) is 112 Å². The van der Waals surface area contributed by atoms with Gasteiger partial charge in [0.15, 0.2) is 0 Å². The minimum Gasteiger partial charge on any atom is -0.394 e. The first-order valence-corrected chi connectivity index (χ1v) is 13.2. The Labute approximate surface area is 154 Å². The SMILES string of the molecule is CCCCCCCCCCO[Si](CC)(CC)OC(CCC)CCC. The molecule has 3 heteroatoms. The largest absolute Gasteiger partial charge is 0.394 e. The number of hydrogen-bond acceptors (Lipinski definition) is 2. The molecule has 0 aliphatic carbocycles. The van der Waals surface area contributed by atoms with Crippen LogP contribution < -0.4 is 0 Å². The van der Waals surface area contributed by atoms with Crippen molar-refractivity contribution in [2.24, 2.45) is 0 Å². The van der Waals surface area contributed by atoms with Crippen LogP contribution in [0, 0.1) is 0 Å². The highest BCUT2D eigenvalue weighted by atomic mass is 28.4. The van der Waals surface area contributed by atoms with E-state index in [1.54, 1.807) is 0 Å². The molecule has 0 radical (unpaired) electrons. The molecule has 0 saturated heterocycles. The lowest BCUT2D eigenvalue weighted by molar-refractivity contribution is 0.0982. The molecule has 0 unspecified atom stereocenters. The summed E-state index contributed by atoms with van der Waals surface area (Å²) in [6.07, 6.45) is 16.1. The van der Waals surface area contributed by atoms with E-state index >= 15 is 0 Å². The van der Waals surface area contributed by atoms with Gasteiger partial charge in [0.2, 0.25) is 0 Å². The van der Waals surface area contributed by atoms with Gasteiger partial charge >= 0.3 is 8.56 Å². The lowest BCUT2D eigenvalue weighted by Crippen LogP contribution is -2.44. The molecule has 0 atom stereocenters. The fourth-order valence-electron chi connectivity index (χ4n) is 3.36. The Bertz CT molecular complexity index is 248. The normalized spacial score (nSPS) is 12.2. The standard InChI is InChI=1S/C21H46O2Si/c1-6-11-12-13-14-15-16-17-20-22-24(9-4,10-5)23-21(18-7-2)19-8-3/h21H,6-20H2,1-5H3. The minimum atomic E-state index is -1.97. The summed E-state index contributed by atoms with van der Waals surface area (Å²) in [6.45, 7) is 12.2. The molecule has 0 amide bonds. The Morgan fingerprint density at radius 2 is 1.12 bits per heavy atom. The predicted octanol–water partition coefficient (Wildman–Crippen LogP) is 7.61. The van der Waals surface area contributed by atoms with E-state index in [1.807, 2.05) is 0 Å². The zero-order valence-electron chi connectivity index (χ0n) is 17.5. The highest BCUT2D eigenvalue weighted by Gasteiger charge is 2.35. The van der Waals surface area contributed by atoms with Crippen LogP contribution in [-0.2, 0) is 8.85 Å². The predicted molar refractivity (Wildman–Crippen MR) is 110 cm³/mol. The van der Waals surface area contributed by atoms with E-state index < -0.39 is 8.56 Å². The van der Waals surface area contributed by atoms with Crippen LogP contribution in [0.2, 0.25) is 12.1 Å². The van der Waals surface area contributed by atoms with Crippen LogP contribution in [-0.4, -0.2) is 21.3 Å². The molecule has 146 valence electrons. The maximum absolute atomic E-state index is 6.61. The quantitative estimate of drug-likeness (QED) is 0.185. The van der Waals surface area contributed by atoms with Crippen LogP contribution in [0.4, 0.5) is 0 Å². The van der Waals surface area contributed by atoms with Gasteiger partial charge in [0, 0.05) is 12.7 Å². The monoisotopic (exact) mass is 358 g/mol. The first-order valence-electron chi connectivity index (χ1n) is 11.0. The van der Waals surface area contributed by atoms with E-state index in [1.165, 1.54) is 77.0 Å². The zero-order valence-corrected chi connectivity index (χ0v) is 18.5. The zero-order chi connectivity index (χ0) is 18.1. The first-order chi connectivity index (χ1) is 11.7. The summed E-state index contributed by atoms with van der Waals surface area (Å²) >= 11 is 0. The van der Waals surface area contributed by atoms with Gasteiger partial charge in [-0.15, -0.1) is 0 Å². The summed E-state index contributed by atoms with van der Waals surface area (Å²) in [5, 5.41) is 0. The molecule has 0 aliphatic heterocycles. The van der Waals surface area contributed by atoms with E-state index in [0.29, 0.717) is 6.10 Å². The second kappa shape index (κ2) is 16.6. The molecule has 24 heavy (non-hydrogen) atoms. The van der Waals surface area contributed by atoms with Crippen molar-refractivity contribution in [2.45, 2.75) is 130 Å². The number of rotatable bonds is 18. The Morgan fingerprint density at radius 1 is 0.625 bits per heavy atom. The average Bonchev–Trinajstić information content (AvgIpc) is 2.59. The lowest BCUT2D eigenvalue weighted by atomic mass is 10.1. The van der Waals surface area contributed by atoms with Crippen molar-refractivity contribution < 1.29 is 8.85 Å². The van der Waals surface area contributed by atoms with Gasteiger partial charge in [-0.1, -0.05) is 92.4 Å². The summed E-state index contributed by atoms with van der Waals surface area (Å²) in [7, 11) is -1.97. The molecule has 0 bridgehead atoms. The van der Waals surface area contributed by atoms with Crippen LogP contribution >= 0.6 is 0 Å². The molecule has 0 N–H and O–H groups in total. The van der Waals surface area contributed by atoms with Crippen LogP contribution in [0.25, 0.3) is 0 Å². The fraction of sp³-hybridized carbons (Fsp3) is 1.00. The van der Waals surface area contributed by atoms with Crippen molar-refractivity contribution in [3.63, 3.8) is 0 Å². The third-order valence-electron chi connectivity index (χ3n) is 5.04. The number of hydrogen-bond donors (Lipinski definition) is 0. The van der Waals surface area contributed by atoms with Crippen molar-refractivity contribution in [3.05, 3.63) is 0 Å². The van der Waals surface area contributed by atoms with Crippen molar-refractivity contribution in [2.75, 3.05) is 6.61 Å². The second-order valence-electron chi connectivity index (χ2n) is 7.26. The fourth-order valence-corrected chi connectivity index (χ4v) is 6.03. The topological polar surface area (TPSA) is 18.5 Å². The van der Waals surface area contributed by atoms with Gasteiger partial charge < -0.3 is 8.85 Å². The van der Waals surface area contributed by atoms with E-state index in [0.717, 1.165) is 18.7 Å². The minimum absolute atomic E-state index is 0.421. The van der Waals surface area contributed by atoms with E-state index in [2.05, 4.69) is 34.6 Å². The molecule has 0 rings (SSSR count). The molecule has 0 saturated carbocycles. The van der Waals surface area contributed by atoms with Crippen molar-refractivity contribution >= 4 is 8.56 Å². The smallest absolute Gasteiger partial charge is 0.337 e. The molecule has 0 aromatic carbocycles. The van der Waals surface area contributed by atoms with Crippen LogP contribution in [0.3, 0.4) is 0 Å². The van der Waals surface area contributed by atoms with E-state index in [-0.39, 0.29) is 0 Å². The van der Waals surface area contributed by atoms with Gasteiger partial charge in [-0.05, 0) is 31.4 Å². The van der Waals surface area contributed by atoms with Crippen molar-refractivity contribution in [1.29, 1.82) is 0 Å². The Kier molecular flexibility index (Phi) is 16.7. The summed E-state index contributed by atoms with van der Waals surface area (Å²) in [5.41, 5.74) is 0. The van der Waals surface area contributed by atoms with Crippen LogP contribution in [0.15, 0.2) is 0 Å². The summed E-state index contributed by atoms with van der Waals surface area (Å²) in [5.74, 6) is 0. The molecule has 0 fully saturated rings. The number of unbranched alkanes of at least 4 members (excludes halogenated alkanes) is 7. The second-order valence-corrected chi connectivity index (χ2v) is 11.0. The molecular weight excluding hydrogens is 312 g/mol. The van der Waals surface area contributed by atoms with Crippen molar-refractivity contribution in [1.82, 2.24) is 0 Å². The maximum Gasteiger partial charge on any atom is 0.337 e. The average molecular weight is 359 g/mol. The Hall–Kier alpha value is 0.137. The molecule has 0 spiro atoms. The summed E-state index contributed by atoms with van der Waals surface area (Å²) in [4.78, 5) is 0. The Balaban J connectivity index is 4.04. The van der Waals surface area contributed by atoms with Crippen molar-refractivity contribution in [3.8, 4) is 0 Å².